The van der Waals surface area contributed by atoms with Crippen LogP contribution in [0.15, 0.2) is 9.95 Å². The summed E-state index contributed by atoms with van der Waals surface area (Å²) in [6, 6.07) is 0. The Hall–Kier alpha value is -1.87. The summed E-state index contributed by atoms with van der Waals surface area (Å²) >= 11 is 2.87. The summed E-state index contributed by atoms with van der Waals surface area (Å²) in [6.45, 7) is 2.55. The number of hydrogen-bond acceptors (Lipinski definition) is 7. The number of thiophene rings is 1. The normalized spacial score (nSPS) is 13.4. The van der Waals surface area contributed by atoms with Gasteiger partial charge in [0.2, 0.25) is 5.91 Å². The molecule has 2 aromatic heterocycles. The highest BCUT2D eigenvalue weighted by Crippen LogP contribution is 2.34. The molecule has 2 heterocycles. The van der Waals surface area contributed by atoms with Gasteiger partial charge in [0, 0.05) is 24.9 Å². The Bertz CT molecular complexity index is 935. The van der Waals surface area contributed by atoms with Gasteiger partial charge in [0.15, 0.2) is 5.16 Å². The van der Waals surface area contributed by atoms with Crippen molar-refractivity contribution >= 4 is 45.2 Å². The van der Waals surface area contributed by atoms with E-state index in [1.165, 1.54) is 22.2 Å². The Kier molecular flexibility index (Phi) is 7.12. The largest absolute Gasteiger partial charge is 0.466 e. The van der Waals surface area contributed by atoms with Crippen molar-refractivity contribution in [2.75, 3.05) is 18.9 Å². The minimum Gasteiger partial charge on any atom is -0.466 e. The van der Waals surface area contributed by atoms with Gasteiger partial charge in [-0.3, -0.25) is 19.0 Å². The number of thioether (sulfide) groups is 1. The summed E-state index contributed by atoms with van der Waals surface area (Å²) in [7, 11) is 1.71. The number of aryl methyl sites for hydroxylation is 2. The number of aromatic nitrogens is 2. The molecular formula is C19H25N3O4S2. The molecule has 0 aliphatic heterocycles. The maximum Gasteiger partial charge on any atom is 0.305 e. The zero-order valence-electron chi connectivity index (χ0n) is 16.2. The first-order valence-electron chi connectivity index (χ1n) is 9.57. The number of nitrogens with zero attached hydrogens (tertiary/aromatic N) is 2. The zero-order valence-corrected chi connectivity index (χ0v) is 17.8. The van der Waals surface area contributed by atoms with Crippen LogP contribution in [0.25, 0.3) is 10.2 Å². The molecule has 3 rings (SSSR count). The summed E-state index contributed by atoms with van der Waals surface area (Å²) < 4.78 is 6.39. The summed E-state index contributed by atoms with van der Waals surface area (Å²) in [6.07, 6.45) is 5.09. The van der Waals surface area contributed by atoms with E-state index in [1.807, 2.05) is 0 Å². The van der Waals surface area contributed by atoms with Crippen LogP contribution in [-0.2, 0) is 34.2 Å². The van der Waals surface area contributed by atoms with E-state index in [-0.39, 0.29) is 29.6 Å². The Morgan fingerprint density at radius 1 is 1.32 bits per heavy atom. The van der Waals surface area contributed by atoms with Gasteiger partial charge in [-0.1, -0.05) is 11.8 Å². The minimum atomic E-state index is -0.253. The molecule has 0 saturated heterocycles. The standard InChI is InChI=1S/C19H25N3O4S2/c1-3-26-15(24)9-6-10-20-14(23)11-27-19-21-17-16(18(25)22(19)2)12-7-4-5-8-13(12)28-17/h3-11H2,1-2H3,(H,20,23). The molecule has 1 aliphatic carbocycles. The second kappa shape index (κ2) is 9.56. The van der Waals surface area contributed by atoms with E-state index in [9.17, 15) is 14.4 Å². The molecule has 1 aliphatic rings. The average Bonchev–Trinajstić information content (AvgIpc) is 3.05. The van der Waals surface area contributed by atoms with Gasteiger partial charge in [0.1, 0.15) is 4.83 Å². The van der Waals surface area contributed by atoms with Gasteiger partial charge < -0.3 is 10.1 Å². The second-order valence-corrected chi connectivity index (χ2v) is 8.72. The molecule has 0 saturated carbocycles. The topological polar surface area (TPSA) is 90.3 Å². The average molecular weight is 424 g/mol. The van der Waals surface area contributed by atoms with Gasteiger partial charge in [-0.25, -0.2) is 4.98 Å². The molecule has 7 nitrogen and oxygen atoms in total. The van der Waals surface area contributed by atoms with Gasteiger partial charge in [-0.2, -0.15) is 0 Å². The maximum absolute atomic E-state index is 12.8. The van der Waals surface area contributed by atoms with Crippen molar-refractivity contribution in [3.63, 3.8) is 0 Å². The van der Waals surface area contributed by atoms with E-state index in [4.69, 9.17) is 4.74 Å². The van der Waals surface area contributed by atoms with Crippen molar-refractivity contribution in [3.05, 3.63) is 20.8 Å². The van der Waals surface area contributed by atoms with Crippen LogP contribution in [-0.4, -0.2) is 40.3 Å². The molecule has 152 valence electrons. The van der Waals surface area contributed by atoms with Crippen LogP contribution < -0.4 is 10.9 Å². The Morgan fingerprint density at radius 2 is 2.11 bits per heavy atom. The van der Waals surface area contributed by atoms with Crippen LogP contribution in [0.1, 0.15) is 43.0 Å². The molecule has 9 heteroatoms. The third kappa shape index (κ3) is 4.75. The van der Waals surface area contributed by atoms with Gasteiger partial charge >= 0.3 is 5.97 Å². The van der Waals surface area contributed by atoms with Gasteiger partial charge in [-0.15, -0.1) is 11.3 Å². The number of fused-ring (bicyclic) bond motifs is 3. The molecule has 1 N–H and O–H groups in total. The fourth-order valence-electron chi connectivity index (χ4n) is 3.27. The van der Waals surface area contributed by atoms with E-state index in [0.717, 1.165) is 35.9 Å². The number of carbonyl (C=O) groups is 2. The summed E-state index contributed by atoms with van der Waals surface area (Å²) in [5.41, 5.74) is 1.15. The number of carbonyl (C=O) groups excluding carboxylic acids is 2. The van der Waals surface area contributed by atoms with E-state index in [0.29, 0.717) is 24.7 Å². The lowest BCUT2D eigenvalue weighted by Gasteiger charge is -2.11. The van der Waals surface area contributed by atoms with Crippen molar-refractivity contribution in [2.45, 2.75) is 50.6 Å². The van der Waals surface area contributed by atoms with Crippen molar-refractivity contribution in [1.82, 2.24) is 14.9 Å². The van der Waals surface area contributed by atoms with E-state index in [2.05, 4.69) is 10.3 Å². The highest BCUT2D eigenvalue weighted by Gasteiger charge is 2.21. The number of hydrogen-bond donors (Lipinski definition) is 1. The molecule has 1 amide bonds. The lowest BCUT2D eigenvalue weighted by Crippen LogP contribution is -2.27. The first kappa shape index (κ1) is 20.9. The Balaban J connectivity index is 1.59. The summed E-state index contributed by atoms with van der Waals surface area (Å²) in [5, 5.41) is 4.09. The van der Waals surface area contributed by atoms with E-state index in [1.54, 1.807) is 29.9 Å². The maximum atomic E-state index is 12.8. The molecule has 0 fully saturated rings. The van der Waals surface area contributed by atoms with Crippen LogP contribution >= 0.6 is 23.1 Å². The Labute approximate surface area is 171 Å². The SMILES string of the molecule is CCOC(=O)CCCNC(=O)CSc1nc2sc3c(c2c(=O)n1C)CCCC3. The predicted molar refractivity (Wildman–Crippen MR) is 111 cm³/mol. The molecule has 0 unspecified atom stereocenters. The predicted octanol–water partition coefficient (Wildman–Crippen LogP) is 2.43. The van der Waals surface area contributed by atoms with Crippen LogP contribution in [0, 0.1) is 0 Å². The first-order valence-corrected chi connectivity index (χ1v) is 11.4. The molecule has 0 bridgehead atoms. The second-order valence-electron chi connectivity index (χ2n) is 6.70. The van der Waals surface area contributed by atoms with Gasteiger partial charge in [-0.05, 0) is 44.6 Å². The molecule has 0 aromatic carbocycles. The first-order chi connectivity index (χ1) is 13.5. The number of rotatable bonds is 8. The fourth-order valence-corrected chi connectivity index (χ4v) is 5.38. The third-order valence-electron chi connectivity index (χ3n) is 4.67. The van der Waals surface area contributed by atoms with Crippen molar-refractivity contribution < 1.29 is 14.3 Å². The Morgan fingerprint density at radius 3 is 2.89 bits per heavy atom. The number of nitrogens with one attached hydrogen (secondary N) is 1. The number of amides is 1. The van der Waals surface area contributed by atoms with Crippen LogP contribution in [0.5, 0.6) is 0 Å². The van der Waals surface area contributed by atoms with Crippen molar-refractivity contribution in [2.24, 2.45) is 7.05 Å². The molecule has 0 atom stereocenters. The quantitative estimate of drug-likeness (QED) is 0.304. The van der Waals surface area contributed by atoms with Crippen LogP contribution in [0.3, 0.4) is 0 Å². The molecule has 0 spiro atoms. The zero-order chi connectivity index (χ0) is 20.1. The van der Waals surface area contributed by atoms with Gasteiger partial charge in [0.25, 0.3) is 5.56 Å². The highest BCUT2D eigenvalue weighted by molar-refractivity contribution is 7.99. The lowest BCUT2D eigenvalue weighted by atomic mass is 9.97. The molecule has 2 aromatic rings. The smallest absolute Gasteiger partial charge is 0.305 e. The number of ether oxygens (including phenoxy) is 1. The van der Waals surface area contributed by atoms with Crippen LogP contribution in [0.2, 0.25) is 0 Å². The lowest BCUT2D eigenvalue weighted by molar-refractivity contribution is -0.143. The molecule has 0 radical (unpaired) electrons. The molecular weight excluding hydrogens is 398 g/mol. The van der Waals surface area contributed by atoms with Crippen molar-refractivity contribution in [1.29, 1.82) is 0 Å². The monoisotopic (exact) mass is 423 g/mol. The fraction of sp³-hybridized carbons (Fsp3) is 0.579. The summed E-state index contributed by atoms with van der Waals surface area (Å²) in [5.74, 6) is -0.220. The highest BCUT2D eigenvalue weighted by atomic mass is 32.2. The van der Waals surface area contributed by atoms with Crippen LogP contribution in [0.4, 0.5) is 0 Å². The van der Waals surface area contributed by atoms with E-state index >= 15 is 0 Å². The summed E-state index contributed by atoms with van der Waals surface area (Å²) in [4.78, 5) is 42.9. The minimum absolute atomic E-state index is 0.0262. The van der Waals surface area contributed by atoms with Crippen molar-refractivity contribution in [3.8, 4) is 0 Å². The molecule has 28 heavy (non-hydrogen) atoms. The van der Waals surface area contributed by atoms with Gasteiger partial charge in [0.05, 0.1) is 17.7 Å². The third-order valence-corrected chi connectivity index (χ3v) is 6.89. The number of esters is 1. The van der Waals surface area contributed by atoms with E-state index < -0.39 is 0 Å².